The number of rotatable bonds is 5. The fourth-order valence-electron chi connectivity index (χ4n) is 3.41. The van der Waals surface area contributed by atoms with Crippen LogP contribution < -0.4 is 5.14 Å². The summed E-state index contributed by atoms with van der Waals surface area (Å²) in [4.78, 5) is 12.7. The van der Waals surface area contributed by atoms with E-state index in [1.54, 1.807) is 49.7 Å². The molecule has 0 radical (unpaired) electrons. The number of hydrogen-bond donors (Lipinski definition) is 1. The number of sulfonamides is 1. The molecule has 0 saturated heterocycles. The zero-order valence-corrected chi connectivity index (χ0v) is 17.7. The van der Waals surface area contributed by atoms with Crippen molar-refractivity contribution in [3.05, 3.63) is 64.7 Å². The van der Waals surface area contributed by atoms with Gasteiger partial charge in [0.2, 0.25) is 10.0 Å². The zero-order valence-electron chi connectivity index (χ0n) is 16.2. The highest BCUT2D eigenvalue weighted by Gasteiger charge is 2.26. The van der Waals surface area contributed by atoms with Crippen molar-refractivity contribution in [3.63, 3.8) is 0 Å². The van der Waals surface area contributed by atoms with E-state index in [2.05, 4.69) is 0 Å². The first-order valence-electron chi connectivity index (χ1n) is 8.87. The Hall–Kier alpha value is -2.48. The van der Waals surface area contributed by atoms with Gasteiger partial charge in [0.05, 0.1) is 10.6 Å². The zero-order chi connectivity index (χ0) is 21.5. The van der Waals surface area contributed by atoms with Crippen LogP contribution in [-0.4, -0.2) is 18.8 Å². The van der Waals surface area contributed by atoms with Crippen LogP contribution in [0.25, 0.3) is 22.3 Å². The molecule has 0 amide bonds. The van der Waals surface area contributed by atoms with Gasteiger partial charge in [-0.3, -0.25) is 4.79 Å². The van der Waals surface area contributed by atoms with E-state index in [0.717, 1.165) is 0 Å². The Bertz CT molecular complexity index is 1220. The monoisotopic (exact) mass is 434 g/mol. The van der Waals surface area contributed by atoms with E-state index in [4.69, 9.17) is 16.7 Å². The fourth-order valence-corrected chi connectivity index (χ4v) is 4.08. The summed E-state index contributed by atoms with van der Waals surface area (Å²) in [5.41, 5.74) is 3.12. The van der Waals surface area contributed by atoms with Crippen molar-refractivity contribution in [2.75, 3.05) is 0 Å². The number of nitrogens with two attached hydrogens (primary N) is 1. The summed E-state index contributed by atoms with van der Waals surface area (Å²) < 4.78 is 39.7. The first-order valence-corrected chi connectivity index (χ1v) is 10.8. The molecule has 0 aliphatic carbocycles. The maximum absolute atomic E-state index is 14.8. The second-order valence-corrected chi connectivity index (χ2v) is 8.71. The predicted octanol–water partition coefficient (Wildman–Crippen LogP) is 4.70. The molecular weight excluding hydrogens is 415 g/mol. The predicted molar refractivity (Wildman–Crippen MR) is 112 cm³/mol. The van der Waals surface area contributed by atoms with Crippen LogP contribution >= 0.6 is 11.6 Å². The number of aromatic nitrogens is 1. The molecule has 3 rings (SSSR count). The summed E-state index contributed by atoms with van der Waals surface area (Å²) in [6, 6.07) is 10.3. The minimum absolute atomic E-state index is 0.0449. The van der Waals surface area contributed by atoms with Crippen molar-refractivity contribution in [3.8, 4) is 22.3 Å². The molecule has 2 aromatic carbocycles. The molecule has 8 heteroatoms. The summed E-state index contributed by atoms with van der Waals surface area (Å²) in [6.45, 7) is 3.55. The molecule has 3 aromatic rings. The van der Waals surface area contributed by atoms with Crippen LogP contribution in [0.2, 0.25) is 5.02 Å². The van der Waals surface area contributed by atoms with Crippen LogP contribution in [0.5, 0.6) is 0 Å². The lowest BCUT2D eigenvalue weighted by Crippen LogP contribution is -2.11. The van der Waals surface area contributed by atoms with Crippen molar-refractivity contribution >= 4 is 27.4 Å². The Balaban J connectivity index is 2.37. The van der Waals surface area contributed by atoms with E-state index in [1.807, 2.05) is 0 Å². The normalized spacial score (nSPS) is 11.7. The summed E-state index contributed by atoms with van der Waals surface area (Å²) in [7, 11) is -2.11. The van der Waals surface area contributed by atoms with Gasteiger partial charge in [0.1, 0.15) is 5.82 Å². The molecule has 152 valence electrons. The van der Waals surface area contributed by atoms with Crippen molar-refractivity contribution in [2.45, 2.75) is 25.2 Å². The van der Waals surface area contributed by atoms with Crippen molar-refractivity contribution < 1.29 is 17.6 Å². The van der Waals surface area contributed by atoms with Gasteiger partial charge >= 0.3 is 0 Å². The number of carbonyl (C=O) groups excluding carboxylic acids is 1. The van der Waals surface area contributed by atoms with E-state index < -0.39 is 15.8 Å². The minimum atomic E-state index is -3.86. The van der Waals surface area contributed by atoms with Gasteiger partial charge in [0.15, 0.2) is 5.78 Å². The van der Waals surface area contributed by atoms with Gasteiger partial charge in [-0.1, -0.05) is 30.7 Å². The third kappa shape index (κ3) is 3.85. The van der Waals surface area contributed by atoms with Crippen molar-refractivity contribution in [2.24, 2.45) is 12.2 Å². The highest BCUT2D eigenvalue weighted by Crippen LogP contribution is 2.41. The molecule has 0 unspecified atom stereocenters. The van der Waals surface area contributed by atoms with Crippen LogP contribution in [-0.2, 0) is 17.1 Å². The number of carbonyl (C=O) groups is 1. The second-order valence-electron chi connectivity index (χ2n) is 6.71. The van der Waals surface area contributed by atoms with Gasteiger partial charge in [-0.25, -0.2) is 17.9 Å². The summed E-state index contributed by atoms with van der Waals surface area (Å²) in [6.07, 6.45) is 0.266. The minimum Gasteiger partial charge on any atom is -0.344 e. The fraction of sp³-hybridized carbons (Fsp3) is 0.190. The van der Waals surface area contributed by atoms with E-state index in [1.165, 1.54) is 18.2 Å². The van der Waals surface area contributed by atoms with E-state index in [9.17, 15) is 17.6 Å². The molecule has 0 aliphatic rings. The molecule has 1 heterocycles. The number of primary sulfonamides is 1. The number of nitrogens with zero attached hydrogens (tertiary/aromatic N) is 1. The SMILES string of the molecule is CCC(=O)c1c(-c2ccc(S(N)(=O)=O)cc2)c(-c2ccc(Cl)cc2F)c(C)n1C. The molecular formula is C21H20ClFN2O3S. The lowest BCUT2D eigenvalue weighted by Gasteiger charge is -2.10. The van der Waals surface area contributed by atoms with Gasteiger partial charge in [0, 0.05) is 40.9 Å². The molecule has 2 N–H and O–H groups in total. The Morgan fingerprint density at radius 1 is 1.14 bits per heavy atom. The smallest absolute Gasteiger partial charge is 0.238 e. The van der Waals surface area contributed by atoms with Crippen molar-refractivity contribution in [1.82, 2.24) is 4.57 Å². The Kier molecular flexibility index (Phi) is 5.67. The molecule has 0 spiro atoms. The number of hydrogen-bond acceptors (Lipinski definition) is 3. The molecule has 0 fully saturated rings. The van der Waals surface area contributed by atoms with Crippen LogP contribution in [0.3, 0.4) is 0 Å². The molecule has 29 heavy (non-hydrogen) atoms. The summed E-state index contributed by atoms with van der Waals surface area (Å²) in [5, 5.41) is 5.45. The highest BCUT2D eigenvalue weighted by molar-refractivity contribution is 7.89. The first kappa shape index (κ1) is 21.2. The quantitative estimate of drug-likeness (QED) is 0.591. The van der Waals surface area contributed by atoms with Crippen LogP contribution in [0.1, 0.15) is 29.5 Å². The topological polar surface area (TPSA) is 82.2 Å². The Morgan fingerprint density at radius 2 is 1.76 bits per heavy atom. The van der Waals surface area contributed by atoms with E-state index in [-0.39, 0.29) is 22.1 Å². The molecule has 0 aliphatic heterocycles. The summed E-state index contributed by atoms with van der Waals surface area (Å²) >= 11 is 5.90. The molecule has 0 bridgehead atoms. The van der Waals surface area contributed by atoms with Gasteiger partial charge < -0.3 is 4.57 Å². The van der Waals surface area contributed by atoms with Gasteiger partial charge in [-0.05, 0) is 42.8 Å². The first-order chi connectivity index (χ1) is 13.6. The van der Waals surface area contributed by atoms with Crippen molar-refractivity contribution in [1.29, 1.82) is 0 Å². The third-order valence-electron chi connectivity index (χ3n) is 4.94. The number of Topliss-reactive ketones (excluding diaryl/α,β-unsaturated/α-hetero) is 1. The van der Waals surface area contributed by atoms with E-state index in [0.29, 0.717) is 33.6 Å². The maximum Gasteiger partial charge on any atom is 0.238 e. The van der Waals surface area contributed by atoms with Gasteiger partial charge in [-0.2, -0.15) is 0 Å². The number of halogens is 2. The molecule has 1 aromatic heterocycles. The standard InChI is InChI=1S/C21H20ClFN2O3S/c1-4-18(26)21-20(13-5-8-15(9-6-13)29(24,27)28)19(12(2)25(21)3)16-10-7-14(22)11-17(16)23/h5-11H,4H2,1-3H3,(H2,24,27,28). The van der Waals surface area contributed by atoms with Crippen LogP contribution in [0.15, 0.2) is 47.4 Å². The number of benzene rings is 2. The lowest BCUT2D eigenvalue weighted by atomic mass is 9.93. The summed E-state index contributed by atoms with van der Waals surface area (Å²) in [5.74, 6) is -0.620. The van der Waals surface area contributed by atoms with Crippen LogP contribution in [0, 0.1) is 12.7 Å². The highest BCUT2D eigenvalue weighted by atomic mass is 35.5. The maximum atomic E-state index is 14.8. The van der Waals surface area contributed by atoms with Gasteiger partial charge in [0.25, 0.3) is 0 Å². The molecule has 0 atom stereocenters. The lowest BCUT2D eigenvalue weighted by molar-refractivity contribution is 0.0981. The van der Waals surface area contributed by atoms with Gasteiger partial charge in [-0.15, -0.1) is 0 Å². The van der Waals surface area contributed by atoms with Crippen LogP contribution in [0.4, 0.5) is 4.39 Å². The average molecular weight is 435 g/mol. The average Bonchev–Trinajstić information content (AvgIpc) is 2.92. The van der Waals surface area contributed by atoms with E-state index >= 15 is 0 Å². The number of ketones is 1. The Morgan fingerprint density at radius 3 is 2.28 bits per heavy atom. The Labute approximate surface area is 174 Å². The largest absolute Gasteiger partial charge is 0.344 e. The third-order valence-corrected chi connectivity index (χ3v) is 6.11. The molecule has 5 nitrogen and oxygen atoms in total. The molecule has 0 saturated carbocycles. The second kappa shape index (κ2) is 7.74.